The molecule has 0 N–H and O–H groups in total. The van der Waals surface area contributed by atoms with Crippen LogP contribution in [0.2, 0.25) is 0 Å². The Kier molecular flexibility index (Phi) is 6.15. The van der Waals surface area contributed by atoms with E-state index >= 15 is 0 Å². The Hall–Kier alpha value is -1.89. The fraction of sp³-hybridized carbons (Fsp3) is 0.562. The number of nitrogens with zero attached hydrogens (tertiary/aromatic N) is 1. The Morgan fingerprint density at radius 3 is 3.00 bits per heavy atom. The molecule has 0 bridgehead atoms. The number of esters is 1. The highest BCUT2D eigenvalue weighted by Gasteiger charge is 2.28. The fourth-order valence-corrected chi connectivity index (χ4v) is 3.29. The van der Waals surface area contributed by atoms with E-state index in [1.54, 1.807) is 6.07 Å². The van der Waals surface area contributed by atoms with Gasteiger partial charge in [-0.3, -0.25) is 4.90 Å². The number of hydrogen-bond acceptors (Lipinski definition) is 6. The lowest BCUT2D eigenvalue weighted by atomic mass is 10.1. The summed E-state index contributed by atoms with van der Waals surface area (Å²) in [5, 5.41) is 0. The minimum Gasteiger partial charge on any atom is -0.459 e. The zero-order valence-corrected chi connectivity index (χ0v) is 14.1. The molecule has 0 radical (unpaired) electrons. The zero-order valence-electron chi connectivity index (χ0n) is 13.3. The summed E-state index contributed by atoms with van der Waals surface area (Å²) in [4.78, 5) is 37.6. The lowest BCUT2D eigenvalue weighted by Crippen LogP contribution is -2.47. The van der Waals surface area contributed by atoms with E-state index in [9.17, 15) is 14.4 Å². The first-order valence-corrected chi connectivity index (χ1v) is 8.51. The van der Waals surface area contributed by atoms with Gasteiger partial charge in [-0.15, -0.1) is 11.3 Å². The highest BCUT2D eigenvalue weighted by molar-refractivity contribution is 7.13. The number of amides is 1. The minimum absolute atomic E-state index is 0.140. The van der Waals surface area contributed by atoms with Gasteiger partial charge in [0.05, 0.1) is 18.8 Å². The molecular weight excluding hydrogens is 318 g/mol. The number of thiophene rings is 1. The molecule has 1 aliphatic heterocycles. The van der Waals surface area contributed by atoms with Gasteiger partial charge < -0.3 is 14.3 Å². The number of rotatable bonds is 7. The quantitative estimate of drug-likeness (QED) is 0.564. The number of hydrogen-bond donors (Lipinski definition) is 0. The molecule has 1 unspecified atom stereocenters. The molecule has 0 saturated carbocycles. The van der Waals surface area contributed by atoms with Crippen LogP contribution >= 0.6 is 11.3 Å². The van der Waals surface area contributed by atoms with Crippen molar-refractivity contribution in [3.8, 4) is 0 Å². The minimum atomic E-state index is -0.430. The maximum Gasteiger partial charge on any atom is 0.410 e. The van der Waals surface area contributed by atoms with Gasteiger partial charge in [0.2, 0.25) is 0 Å². The summed E-state index contributed by atoms with van der Waals surface area (Å²) in [5.41, 5.74) is 0. The van der Waals surface area contributed by atoms with Gasteiger partial charge >= 0.3 is 12.1 Å². The molecule has 1 fully saturated rings. The van der Waals surface area contributed by atoms with Gasteiger partial charge in [-0.2, -0.15) is 0 Å². The summed E-state index contributed by atoms with van der Waals surface area (Å²) in [5.74, 6) is -0.308. The molecule has 1 aliphatic rings. The van der Waals surface area contributed by atoms with E-state index in [1.165, 1.54) is 16.2 Å². The number of aldehydes is 1. The molecule has 1 atom stereocenters. The molecule has 1 saturated heterocycles. The summed E-state index contributed by atoms with van der Waals surface area (Å²) in [6.45, 7) is 4.39. The highest BCUT2D eigenvalue weighted by Crippen LogP contribution is 2.20. The van der Waals surface area contributed by atoms with Gasteiger partial charge in [0, 0.05) is 17.8 Å². The lowest BCUT2D eigenvalue weighted by molar-refractivity contribution is -0.113. The van der Waals surface area contributed by atoms with Crippen molar-refractivity contribution in [3.05, 3.63) is 21.9 Å². The number of carbonyl (C=O) groups is 3. The summed E-state index contributed by atoms with van der Waals surface area (Å²) in [6.07, 6.45) is 2.21. The van der Waals surface area contributed by atoms with Gasteiger partial charge in [0.1, 0.15) is 11.2 Å². The number of ether oxygens (including phenoxy) is 2. The van der Waals surface area contributed by atoms with Crippen molar-refractivity contribution >= 4 is 29.7 Å². The first-order chi connectivity index (χ1) is 11.0. The number of carbonyl (C=O) groups excluding carboxylic acids is 3. The van der Waals surface area contributed by atoms with Gasteiger partial charge in [-0.1, -0.05) is 0 Å². The van der Waals surface area contributed by atoms with Crippen LogP contribution in [0.5, 0.6) is 0 Å². The van der Waals surface area contributed by atoms with Crippen LogP contribution < -0.4 is 0 Å². The molecule has 1 aromatic heterocycles. The summed E-state index contributed by atoms with van der Waals surface area (Å²) in [7, 11) is 0. The van der Waals surface area contributed by atoms with E-state index < -0.39 is 12.1 Å². The van der Waals surface area contributed by atoms with Crippen molar-refractivity contribution in [1.29, 1.82) is 0 Å². The van der Waals surface area contributed by atoms with Crippen molar-refractivity contribution < 1.29 is 23.9 Å². The van der Waals surface area contributed by atoms with E-state index in [4.69, 9.17) is 9.47 Å². The second kappa shape index (κ2) is 8.10. The molecule has 0 aromatic carbocycles. The largest absolute Gasteiger partial charge is 0.459 e. The highest BCUT2D eigenvalue weighted by atomic mass is 32.1. The van der Waals surface area contributed by atoms with Gasteiger partial charge in [0.15, 0.2) is 0 Å². The summed E-state index contributed by atoms with van der Waals surface area (Å²) < 4.78 is 10.1. The van der Waals surface area contributed by atoms with Crippen molar-refractivity contribution in [2.45, 2.75) is 45.3 Å². The standard InChI is InChI=1S/C16H21NO5S/c1-11(2)22-15(19)14-6-5-13(23-14)4-3-8-17-12(10-18)7-9-21-16(17)20/h5-6,10-12H,3-4,7-9H2,1-2H3. The molecule has 7 heteroatoms. The lowest BCUT2D eigenvalue weighted by Gasteiger charge is -2.31. The SMILES string of the molecule is CC(C)OC(=O)c1ccc(CCCN2C(=O)OCCC2C=O)s1. The van der Waals surface area contributed by atoms with Crippen LogP contribution in [0.4, 0.5) is 4.79 Å². The number of cyclic esters (lactones) is 1. The van der Waals surface area contributed by atoms with Gasteiger partial charge in [-0.05, 0) is 38.8 Å². The van der Waals surface area contributed by atoms with Crippen LogP contribution in [0, 0.1) is 0 Å². The summed E-state index contributed by atoms with van der Waals surface area (Å²) >= 11 is 1.40. The van der Waals surface area contributed by atoms with E-state index in [2.05, 4.69) is 0 Å². The van der Waals surface area contributed by atoms with Crippen molar-refractivity contribution in [3.63, 3.8) is 0 Å². The molecule has 0 aliphatic carbocycles. The molecule has 23 heavy (non-hydrogen) atoms. The molecule has 0 spiro atoms. The van der Waals surface area contributed by atoms with Gasteiger partial charge in [0.25, 0.3) is 0 Å². The molecule has 1 aromatic rings. The Balaban J connectivity index is 1.84. The Morgan fingerprint density at radius 2 is 2.30 bits per heavy atom. The number of aryl methyl sites for hydroxylation is 1. The Morgan fingerprint density at radius 1 is 1.52 bits per heavy atom. The normalized spacial score (nSPS) is 18.0. The molecular formula is C16H21NO5S. The predicted octanol–water partition coefficient (Wildman–Crippen LogP) is 2.66. The van der Waals surface area contributed by atoms with Crippen LogP contribution in [-0.4, -0.2) is 48.5 Å². The van der Waals surface area contributed by atoms with Crippen molar-refractivity contribution in [2.75, 3.05) is 13.2 Å². The van der Waals surface area contributed by atoms with E-state index in [0.717, 1.165) is 17.6 Å². The second-order valence-corrected chi connectivity index (χ2v) is 6.79. The van der Waals surface area contributed by atoms with Crippen molar-refractivity contribution in [2.24, 2.45) is 0 Å². The summed E-state index contributed by atoms with van der Waals surface area (Å²) in [6, 6.07) is 3.26. The maximum absolute atomic E-state index is 11.8. The molecule has 2 heterocycles. The fourth-order valence-electron chi connectivity index (χ4n) is 2.36. The second-order valence-electron chi connectivity index (χ2n) is 5.62. The third-order valence-electron chi connectivity index (χ3n) is 3.46. The molecule has 6 nitrogen and oxygen atoms in total. The molecule has 1 amide bonds. The smallest absolute Gasteiger partial charge is 0.410 e. The monoisotopic (exact) mass is 339 g/mol. The van der Waals surface area contributed by atoms with E-state index in [-0.39, 0.29) is 12.1 Å². The Labute approximate surface area is 139 Å². The molecule has 2 rings (SSSR count). The average molecular weight is 339 g/mol. The van der Waals surface area contributed by atoms with Crippen molar-refractivity contribution in [1.82, 2.24) is 4.90 Å². The third kappa shape index (κ3) is 4.79. The third-order valence-corrected chi connectivity index (χ3v) is 4.58. The van der Waals surface area contributed by atoms with E-state index in [1.807, 2.05) is 19.9 Å². The topological polar surface area (TPSA) is 72.9 Å². The van der Waals surface area contributed by atoms with Crippen LogP contribution in [0.25, 0.3) is 0 Å². The zero-order chi connectivity index (χ0) is 16.8. The Bertz CT molecular complexity index is 569. The first-order valence-electron chi connectivity index (χ1n) is 7.69. The molecule has 126 valence electrons. The van der Waals surface area contributed by atoms with Crippen LogP contribution in [-0.2, 0) is 20.7 Å². The van der Waals surface area contributed by atoms with Gasteiger partial charge in [-0.25, -0.2) is 9.59 Å². The van der Waals surface area contributed by atoms with Crippen LogP contribution in [0.15, 0.2) is 12.1 Å². The predicted molar refractivity (Wildman–Crippen MR) is 85.7 cm³/mol. The average Bonchev–Trinajstić information content (AvgIpc) is 2.97. The van der Waals surface area contributed by atoms with E-state index in [0.29, 0.717) is 30.9 Å². The first kappa shape index (κ1) is 17.5. The van der Waals surface area contributed by atoms with Crippen LogP contribution in [0.3, 0.4) is 0 Å². The van der Waals surface area contributed by atoms with Crippen LogP contribution in [0.1, 0.15) is 41.2 Å². The maximum atomic E-state index is 11.8.